The molecule has 1 aromatic rings. The Balaban J connectivity index is 1.47. The highest BCUT2D eigenvalue weighted by atomic mass is 16.2. The molecule has 0 unspecified atom stereocenters. The van der Waals surface area contributed by atoms with Crippen LogP contribution in [0.1, 0.15) is 44.2 Å². The van der Waals surface area contributed by atoms with Crippen molar-refractivity contribution in [3.05, 3.63) is 29.3 Å². The Morgan fingerprint density at radius 3 is 2.42 bits per heavy atom. The summed E-state index contributed by atoms with van der Waals surface area (Å²) in [4.78, 5) is 17.3. The molecule has 144 valence electrons. The maximum Gasteiger partial charge on any atom is 0.321 e. The number of urea groups is 1. The lowest BCUT2D eigenvalue weighted by Gasteiger charge is -2.39. The Bertz CT molecular complexity index is 612. The van der Waals surface area contributed by atoms with Gasteiger partial charge in [0.2, 0.25) is 0 Å². The maximum atomic E-state index is 12.6. The highest BCUT2D eigenvalue weighted by Crippen LogP contribution is 2.25. The third-order valence-corrected chi connectivity index (χ3v) is 6.00. The summed E-state index contributed by atoms with van der Waals surface area (Å²) in [5.74, 6) is 2.38. The van der Waals surface area contributed by atoms with Gasteiger partial charge in [-0.25, -0.2) is 4.79 Å². The summed E-state index contributed by atoms with van der Waals surface area (Å²) < 4.78 is 0. The average molecular weight is 358 g/mol. The zero-order valence-electron chi connectivity index (χ0n) is 16.9. The number of amides is 2. The first-order valence-corrected chi connectivity index (χ1v) is 10.3. The van der Waals surface area contributed by atoms with E-state index in [0.29, 0.717) is 0 Å². The van der Waals surface area contributed by atoms with Gasteiger partial charge in [0, 0.05) is 38.4 Å². The second-order valence-corrected chi connectivity index (χ2v) is 8.84. The molecule has 0 aliphatic carbocycles. The molecular formula is C22H35N3O. The summed E-state index contributed by atoms with van der Waals surface area (Å²) in [5, 5.41) is 3.11. The molecule has 4 nitrogen and oxygen atoms in total. The molecule has 2 aliphatic heterocycles. The fourth-order valence-corrected chi connectivity index (χ4v) is 4.69. The molecule has 0 saturated carbocycles. The molecule has 2 heterocycles. The Kier molecular flexibility index (Phi) is 6.23. The molecule has 2 aliphatic rings. The molecule has 0 spiro atoms. The zero-order valence-corrected chi connectivity index (χ0v) is 16.9. The minimum Gasteiger partial charge on any atom is -0.325 e. The molecule has 2 fully saturated rings. The molecule has 2 amide bonds. The predicted octanol–water partition coefficient (Wildman–Crippen LogP) is 4.53. The summed E-state index contributed by atoms with van der Waals surface area (Å²) in [6, 6.07) is 6.26. The molecule has 4 heteroatoms. The van der Waals surface area contributed by atoms with Gasteiger partial charge < -0.3 is 15.1 Å². The maximum absolute atomic E-state index is 12.6. The second-order valence-electron chi connectivity index (χ2n) is 8.84. The molecule has 1 aromatic carbocycles. The fraction of sp³-hybridized carbons (Fsp3) is 0.682. The van der Waals surface area contributed by atoms with Crippen LogP contribution in [0.25, 0.3) is 0 Å². The quantitative estimate of drug-likeness (QED) is 0.863. The Morgan fingerprint density at radius 1 is 1.12 bits per heavy atom. The molecule has 0 radical (unpaired) electrons. The van der Waals surface area contributed by atoms with Gasteiger partial charge in [0.25, 0.3) is 0 Å². The molecule has 2 atom stereocenters. The number of piperidine rings is 2. The molecule has 3 rings (SSSR count). The molecule has 1 N–H and O–H groups in total. The Morgan fingerprint density at radius 2 is 1.77 bits per heavy atom. The number of nitrogens with one attached hydrogen (secondary N) is 1. The lowest BCUT2D eigenvalue weighted by molar-refractivity contribution is 0.101. The van der Waals surface area contributed by atoms with E-state index in [4.69, 9.17) is 0 Å². The number of aryl methyl sites for hydroxylation is 2. The summed E-state index contributed by atoms with van der Waals surface area (Å²) in [5.41, 5.74) is 3.23. The smallest absolute Gasteiger partial charge is 0.321 e. The van der Waals surface area contributed by atoms with E-state index in [9.17, 15) is 4.79 Å². The van der Waals surface area contributed by atoms with E-state index in [1.54, 1.807) is 0 Å². The van der Waals surface area contributed by atoms with Crippen molar-refractivity contribution in [2.24, 2.45) is 17.8 Å². The van der Waals surface area contributed by atoms with Gasteiger partial charge in [0.05, 0.1) is 0 Å². The number of benzene rings is 1. The van der Waals surface area contributed by atoms with Gasteiger partial charge in [-0.15, -0.1) is 0 Å². The molecular weight excluding hydrogens is 322 g/mol. The van der Waals surface area contributed by atoms with Gasteiger partial charge in [-0.05, 0) is 68.1 Å². The number of likely N-dealkylation sites (tertiary alicyclic amines) is 2. The molecule has 2 saturated heterocycles. The lowest BCUT2D eigenvalue weighted by Crippen LogP contribution is -2.46. The number of carbonyl (C=O) groups is 1. The average Bonchev–Trinajstić information content (AvgIpc) is 2.58. The van der Waals surface area contributed by atoms with Crippen LogP contribution < -0.4 is 5.32 Å². The summed E-state index contributed by atoms with van der Waals surface area (Å²) in [7, 11) is 0. The largest absolute Gasteiger partial charge is 0.325 e. The van der Waals surface area contributed by atoms with Crippen LogP contribution in [0.5, 0.6) is 0 Å². The number of hydrogen-bond acceptors (Lipinski definition) is 2. The monoisotopic (exact) mass is 357 g/mol. The Hall–Kier alpha value is -1.55. The summed E-state index contributed by atoms with van der Waals surface area (Å²) in [6.07, 6.45) is 3.62. The summed E-state index contributed by atoms with van der Waals surface area (Å²) >= 11 is 0. The standard InChI is InChI=1S/C22H35N3O/c1-16-5-6-19(4)21(12-16)23-22(26)25-9-7-20(8-10-25)15-24-13-17(2)11-18(3)14-24/h5-6,12,17-18,20H,7-11,13-15H2,1-4H3,(H,23,26)/t17-,18+. The van der Waals surface area contributed by atoms with Crippen LogP contribution >= 0.6 is 0 Å². The predicted molar refractivity (Wildman–Crippen MR) is 109 cm³/mol. The molecule has 26 heavy (non-hydrogen) atoms. The van der Waals surface area contributed by atoms with Crippen LogP contribution in [0.4, 0.5) is 10.5 Å². The van der Waals surface area contributed by atoms with E-state index in [1.165, 1.54) is 31.6 Å². The van der Waals surface area contributed by atoms with Crippen molar-refractivity contribution in [2.45, 2.75) is 47.0 Å². The molecule has 0 aromatic heterocycles. The van der Waals surface area contributed by atoms with Crippen molar-refractivity contribution in [1.29, 1.82) is 0 Å². The number of anilines is 1. The number of nitrogens with zero attached hydrogens (tertiary/aromatic N) is 2. The Labute approximate surface area is 158 Å². The number of hydrogen-bond donors (Lipinski definition) is 1. The van der Waals surface area contributed by atoms with E-state index in [1.807, 2.05) is 11.8 Å². The first kappa shape index (κ1) is 19.2. The first-order valence-electron chi connectivity index (χ1n) is 10.3. The van der Waals surface area contributed by atoms with Crippen molar-refractivity contribution >= 4 is 11.7 Å². The van der Waals surface area contributed by atoms with Gasteiger partial charge in [0.1, 0.15) is 0 Å². The van der Waals surface area contributed by atoms with Crippen LogP contribution in [-0.2, 0) is 0 Å². The van der Waals surface area contributed by atoms with Gasteiger partial charge in [-0.1, -0.05) is 26.0 Å². The fourth-order valence-electron chi connectivity index (χ4n) is 4.69. The van der Waals surface area contributed by atoms with E-state index in [0.717, 1.165) is 54.9 Å². The van der Waals surface area contributed by atoms with Gasteiger partial charge in [-0.2, -0.15) is 0 Å². The normalized spacial score (nSPS) is 25.3. The highest BCUT2D eigenvalue weighted by molar-refractivity contribution is 5.90. The van der Waals surface area contributed by atoms with E-state index in [-0.39, 0.29) is 6.03 Å². The summed E-state index contributed by atoms with van der Waals surface area (Å²) in [6.45, 7) is 14.3. The number of rotatable bonds is 3. The van der Waals surface area contributed by atoms with Gasteiger partial charge in [0.15, 0.2) is 0 Å². The van der Waals surface area contributed by atoms with Crippen molar-refractivity contribution < 1.29 is 4.79 Å². The van der Waals surface area contributed by atoms with Crippen molar-refractivity contribution in [3.8, 4) is 0 Å². The minimum absolute atomic E-state index is 0.0531. The number of carbonyl (C=O) groups excluding carboxylic acids is 1. The van der Waals surface area contributed by atoms with Crippen molar-refractivity contribution in [1.82, 2.24) is 9.80 Å². The van der Waals surface area contributed by atoms with Gasteiger partial charge in [-0.3, -0.25) is 0 Å². The van der Waals surface area contributed by atoms with Gasteiger partial charge >= 0.3 is 6.03 Å². The van der Waals surface area contributed by atoms with Crippen LogP contribution in [0, 0.1) is 31.6 Å². The second kappa shape index (κ2) is 8.43. The lowest BCUT2D eigenvalue weighted by atomic mass is 9.89. The third-order valence-electron chi connectivity index (χ3n) is 6.00. The highest BCUT2D eigenvalue weighted by Gasteiger charge is 2.27. The molecule has 0 bridgehead atoms. The van der Waals surface area contributed by atoms with Crippen LogP contribution in [0.15, 0.2) is 18.2 Å². The zero-order chi connectivity index (χ0) is 18.7. The van der Waals surface area contributed by atoms with E-state index >= 15 is 0 Å². The van der Waals surface area contributed by atoms with E-state index in [2.05, 4.69) is 49.2 Å². The van der Waals surface area contributed by atoms with Crippen molar-refractivity contribution in [2.75, 3.05) is 38.0 Å². The van der Waals surface area contributed by atoms with Crippen LogP contribution in [-0.4, -0.2) is 48.6 Å². The van der Waals surface area contributed by atoms with Crippen LogP contribution in [0.3, 0.4) is 0 Å². The van der Waals surface area contributed by atoms with Crippen molar-refractivity contribution in [3.63, 3.8) is 0 Å². The van der Waals surface area contributed by atoms with Crippen LogP contribution in [0.2, 0.25) is 0 Å². The SMILES string of the molecule is Cc1ccc(C)c(NC(=O)N2CCC(CN3C[C@H](C)C[C@H](C)C3)CC2)c1. The third kappa shape index (κ3) is 5.00. The van der Waals surface area contributed by atoms with E-state index < -0.39 is 0 Å². The minimum atomic E-state index is 0.0531. The topological polar surface area (TPSA) is 35.6 Å². The first-order chi connectivity index (χ1) is 12.4.